The predicted octanol–water partition coefficient (Wildman–Crippen LogP) is 1.45. The van der Waals surface area contributed by atoms with Crippen molar-refractivity contribution in [3.8, 4) is 5.75 Å². The number of nitrogen functional groups attached to an aromatic ring is 1. The van der Waals surface area contributed by atoms with Crippen molar-refractivity contribution in [3.05, 3.63) is 54.2 Å². The molecule has 0 unspecified atom stereocenters. The van der Waals surface area contributed by atoms with Crippen LogP contribution in [-0.2, 0) is 6.54 Å². The monoisotopic (exact) mass is 243 g/mol. The van der Waals surface area contributed by atoms with Crippen molar-refractivity contribution < 1.29 is 14.1 Å². The highest BCUT2D eigenvalue weighted by Gasteiger charge is 2.11. The third-order valence-corrected chi connectivity index (χ3v) is 2.70. The van der Waals surface area contributed by atoms with Gasteiger partial charge in [0.15, 0.2) is 6.54 Å². The van der Waals surface area contributed by atoms with Gasteiger partial charge in [-0.15, -0.1) is 0 Å². The van der Waals surface area contributed by atoms with Gasteiger partial charge in [0.2, 0.25) is 5.78 Å². The third-order valence-electron chi connectivity index (χ3n) is 2.70. The van der Waals surface area contributed by atoms with Gasteiger partial charge in [0.1, 0.15) is 5.75 Å². The molecule has 0 atom stereocenters. The first-order valence-electron chi connectivity index (χ1n) is 5.62. The topological polar surface area (TPSA) is 56.2 Å². The fraction of sp³-hybridized carbons (Fsp3) is 0.143. The van der Waals surface area contributed by atoms with Crippen LogP contribution in [-0.4, -0.2) is 12.9 Å². The van der Waals surface area contributed by atoms with Crippen LogP contribution in [0.4, 0.5) is 5.82 Å². The van der Waals surface area contributed by atoms with Gasteiger partial charge in [-0.05, 0) is 30.3 Å². The molecule has 0 amide bonds. The van der Waals surface area contributed by atoms with E-state index in [9.17, 15) is 4.79 Å². The Hall–Kier alpha value is -2.36. The Kier molecular flexibility index (Phi) is 3.57. The smallest absolute Gasteiger partial charge is 0.272 e. The Morgan fingerprint density at radius 1 is 1.22 bits per heavy atom. The van der Waals surface area contributed by atoms with E-state index in [4.69, 9.17) is 10.5 Å². The zero-order chi connectivity index (χ0) is 13.0. The Labute approximate surface area is 106 Å². The number of pyridine rings is 1. The number of rotatable bonds is 4. The van der Waals surface area contributed by atoms with E-state index in [0.717, 1.165) is 5.75 Å². The maximum absolute atomic E-state index is 12.0. The first-order valence-corrected chi connectivity index (χ1v) is 5.62. The van der Waals surface area contributed by atoms with Crippen molar-refractivity contribution in [1.82, 2.24) is 0 Å². The maximum atomic E-state index is 12.0. The van der Waals surface area contributed by atoms with Crippen molar-refractivity contribution in [1.29, 1.82) is 0 Å². The lowest BCUT2D eigenvalue weighted by atomic mass is 10.1. The average molecular weight is 243 g/mol. The van der Waals surface area contributed by atoms with Crippen molar-refractivity contribution >= 4 is 11.6 Å². The van der Waals surface area contributed by atoms with E-state index in [-0.39, 0.29) is 12.3 Å². The molecule has 2 N–H and O–H groups in total. The molecular weight excluding hydrogens is 228 g/mol. The predicted molar refractivity (Wildman–Crippen MR) is 68.4 cm³/mol. The minimum atomic E-state index is 0.0144. The van der Waals surface area contributed by atoms with Crippen molar-refractivity contribution in [3.63, 3.8) is 0 Å². The number of anilines is 1. The van der Waals surface area contributed by atoms with Crippen LogP contribution in [0.5, 0.6) is 5.75 Å². The largest absolute Gasteiger partial charge is 0.497 e. The summed E-state index contributed by atoms with van der Waals surface area (Å²) in [5.41, 5.74) is 6.43. The van der Waals surface area contributed by atoms with E-state index in [1.807, 2.05) is 12.1 Å². The second-order valence-corrected chi connectivity index (χ2v) is 3.91. The number of hydrogen-bond acceptors (Lipinski definition) is 3. The molecule has 2 aromatic rings. The summed E-state index contributed by atoms with van der Waals surface area (Å²) in [7, 11) is 1.59. The summed E-state index contributed by atoms with van der Waals surface area (Å²) in [6.45, 7) is 0.235. The summed E-state index contributed by atoms with van der Waals surface area (Å²) in [6.07, 6.45) is 1.79. The minimum Gasteiger partial charge on any atom is -0.497 e. The number of hydrogen-bond donors (Lipinski definition) is 1. The first kappa shape index (κ1) is 12.1. The molecule has 1 heterocycles. The molecule has 0 spiro atoms. The number of methoxy groups -OCH3 is 1. The minimum absolute atomic E-state index is 0.0144. The molecule has 0 saturated heterocycles. The van der Waals surface area contributed by atoms with Gasteiger partial charge in [0, 0.05) is 11.6 Å². The molecule has 1 aromatic carbocycles. The number of Topliss-reactive ketones (excluding diaryl/α,β-unsaturated/α-hetero) is 1. The summed E-state index contributed by atoms with van der Waals surface area (Å²) in [4.78, 5) is 12.0. The summed E-state index contributed by atoms with van der Waals surface area (Å²) in [5.74, 6) is 1.32. The van der Waals surface area contributed by atoms with Gasteiger partial charge in [-0.3, -0.25) is 10.5 Å². The average Bonchev–Trinajstić information content (AvgIpc) is 2.41. The molecule has 0 saturated carbocycles. The van der Waals surface area contributed by atoms with Crippen molar-refractivity contribution in [2.75, 3.05) is 12.8 Å². The van der Waals surface area contributed by atoms with Gasteiger partial charge >= 0.3 is 0 Å². The molecule has 1 aromatic heterocycles. The Balaban J connectivity index is 2.14. The highest BCUT2D eigenvalue weighted by atomic mass is 16.5. The molecule has 0 bridgehead atoms. The summed E-state index contributed by atoms with van der Waals surface area (Å²) in [6, 6.07) is 12.5. The fourth-order valence-corrected chi connectivity index (χ4v) is 1.66. The van der Waals surface area contributed by atoms with Gasteiger partial charge in [-0.25, -0.2) is 4.57 Å². The van der Waals surface area contributed by atoms with E-state index in [0.29, 0.717) is 11.4 Å². The molecule has 0 aliphatic rings. The van der Waals surface area contributed by atoms with Crippen LogP contribution in [0.3, 0.4) is 0 Å². The molecule has 4 nitrogen and oxygen atoms in total. The molecule has 0 aliphatic heterocycles. The molecule has 0 radical (unpaired) electrons. The van der Waals surface area contributed by atoms with Gasteiger partial charge < -0.3 is 4.74 Å². The molecule has 0 fully saturated rings. The number of benzene rings is 1. The van der Waals surface area contributed by atoms with E-state index < -0.39 is 0 Å². The molecule has 4 heteroatoms. The van der Waals surface area contributed by atoms with Crippen molar-refractivity contribution in [2.45, 2.75) is 6.54 Å². The standard InChI is InChI=1S/C14H14N2O2/c1-18-12-7-5-11(6-8-12)13(17)10-16-9-3-2-4-14(16)15/h2-9,15H,10H2,1H3/p+1. The SMILES string of the molecule is COc1ccc(C(=O)C[n+]2ccccc2N)cc1. The molecule has 18 heavy (non-hydrogen) atoms. The number of carbonyl (C=O) groups is 1. The van der Waals surface area contributed by atoms with Crippen LogP contribution in [0.2, 0.25) is 0 Å². The Morgan fingerprint density at radius 2 is 1.94 bits per heavy atom. The molecular formula is C14H15N2O2+. The number of ketones is 1. The van der Waals surface area contributed by atoms with E-state index in [1.54, 1.807) is 48.2 Å². The lowest BCUT2D eigenvalue weighted by molar-refractivity contribution is -0.668. The Bertz CT molecular complexity index is 550. The van der Waals surface area contributed by atoms with Crippen LogP contribution in [0, 0.1) is 0 Å². The van der Waals surface area contributed by atoms with Crippen LogP contribution in [0.25, 0.3) is 0 Å². The van der Waals surface area contributed by atoms with Crippen LogP contribution in [0.1, 0.15) is 10.4 Å². The second kappa shape index (κ2) is 5.31. The van der Waals surface area contributed by atoms with E-state index in [1.165, 1.54) is 0 Å². The fourth-order valence-electron chi connectivity index (χ4n) is 1.66. The first-order chi connectivity index (χ1) is 8.70. The Morgan fingerprint density at radius 3 is 2.56 bits per heavy atom. The molecule has 0 aliphatic carbocycles. The lowest BCUT2D eigenvalue weighted by Gasteiger charge is -2.04. The summed E-state index contributed by atoms with van der Waals surface area (Å²) in [5, 5.41) is 0. The van der Waals surface area contributed by atoms with Gasteiger partial charge in [0.05, 0.1) is 13.3 Å². The number of aromatic nitrogens is 1. The highest BCUT2D eigenvalue weighted by molar-refractivity contribution is 5.95. The number of ether oxygens (including phenoxy) is 1. The number of nitrogens with zero attached hydrogens (tertiary/aromatic N) is 1. The van der Waals surface area contributed by atoms with Crippen LogP contribution >= 0.6 is 0 Å². The highest BCUT2D eigenvalue weighted by Crippen LogP contribution is 2.11. The zero-order valence-corrected chi connectivity index (χ0v) is 10.2. The normalized spacial score (nSPS) is 10.1. The van der Waals surface area contributed by atoms with E-state index >= 15 is 0 Å². The summed E-state index contributed by atoms with van der Waals surface area (Å²) < 4.78 is 6.76. The second-order valence-electron chi connectivity index (χ2n) is 3.91. The molecule has 2 rings (SSSR count). The quantitative estimate of drug-likeness (QED) is 0.653. The number of nitrogens with two attached hydrogens (primary N) is 1. The van der Waals surface area contributed by atoms with Gasteiger partial charge in [-0.2, -0.15) is 0 Å². The van der Waals surface area contributed by atoms with Crippen LogP contribution in [0.15, 0.2) is 48.7 Å². The lowest BCUT2D eigenvalue weighted by Crippen LogP contribution is -2.40. The van der Waals surface area contributed by atoms with Crippen molar-refractivity contribution in [2.24, 2.45) is 0 Å². The summed E-state index contributed by atoms with van der Waals surface area (Å²) >= 11 is 0. The number of carbonyl (C=O) groups excluding carboxylic acids is 1. The maximum Gasteiger partial charge on any atom is 0.272 e. The van der Waals surface area contributed by atoms with Gasteiger partial charge in [-0.1, -0.05) is 6.07 Å². The van der Waals surface area contributed by atoms with Gasteiger partial charge in [0.25, 0.3) is 5.82 Å². The van der Waals surface area contributed by atoms with Crippen LogP contribution < -0.4 is 15.0 Å². The third kappa shape index (κ3) is 2.66. The van der Waals surface area contributed by atoms with E-state index in [2.05, 4.69) is 0 Å². The zero-order valence-electron chi connectivity index (χ0n) is 10.2. The molecule has 92 valence electrons.